The van der Waals surface area contributed by atoms with Gasteiger partial charge in [-0.2, -0.15) is 0 Å². The van der Waals surface area contributed by atoms with Gasteiger partial charge in [-0.25, -0.2) is 4.98 Å². The first-order valence-corrected chi connectivity index (χ1v) is 6.73. The predicted octanol–water partition coefficient (Wildman–Crippen LogP) is 3.76. The quantitative estimate of drug-likeness (QED) is 0.754. The summed E-state index contributed by atoms with van der Waals surface area (Å²) in [5.74, 6) is 2.19. The van der Waals surface area contributed by atoms with Gasteiger partial charge in [-0.05, 0) is 12.3 Å². The van der Waals surface area contributed by atoms with Crippen molar-refractivity contribution in [2.45, 2.75) is 32.1 Å². The lowest BCUT2D eigenvalue weighted by molar-refractivity contribution is 0.828. The Morgan fingerprint density at radius 1 is 1.69 bits per heavy atom. The third-order valence-corrected chi connectivity index (χ3v) is 4.53. The Bertz CT molecular complexity index is 295. The van der Waals surface area contributed by atoms with E-state index in [1.54, 1.807) is 0 Å². The smallest absolute Gasteiger partial charge is 0.0953 e. The van der Waals surface area contributed by atoms with E-state index in [1.165, 1.54) is 17.1 Å². The molecule has 1 aromatic rings. The topological polar surface area (TPSA) is 12.9 Å². The molecule has 1 aliphatic rings. The summed E-state index contributed by atoms with van der Waals surface area (Å²) < 4.78 is 0. The molecule has 1 fully saturated rings. The van der Waals surface area contributed by atoms with Gasteiger partial charge in [-0.15, -0.1) is 11.3 Å². The molecule has 0 bridgehead atoms. The lowest BCUT2D eigenvalue weighted by atomic mass is 10.2. The summed E-state index contributed by atoms with van der Waals surface area (Å²) in [6.07, 6.45) is 1.33. The first-order chi connectivity index (χ1) is 6.22. The Morgan fingerprint density at radius 3 is 2.92 bits per heavy atom. The van der Waals surface area contributed by atoms with Crippen LogP contribution in [0.2, 0.25) is 0 Å². The lowest BCUT2D eigenvalue weighted by Crippen LogP contribution is -1.88. The molecular weight excluding hydrogens is 246 g/mol. The van der Waals surface area contributed by atoms with Crippen LogP contribution in [0.5, 0.6) is 0 Å². The minimum Gasteiger partial charge on any atom is -0.246 e. The van der Waals surface area contributed by atoms with Crippen LogP contribution < -0.4 is 0 Å². The highest BCUT2D eigenvalue weighted by Crippen LogP contribution is 2.48. The maximum atomic E-state index is 4.67. The fraction of sp³-hybridized carbons (Fsp3) is 0.700. The average molecular weight is 260 g/mol. The van der Waals surface area contributed by atoms with Gasteiger partial charge in [0, 0.05) is 22.5 Å². The van der Waals surface area contributed by atoms with Gasteiger partial charge in [-0.3, -0.25) is 0 Å². The number of nitrogens with zero attached hydrogens (tertiary/aromatic N) is 1. The Hall–Kier alpha value is 0.110. The Kier molecular flexibility index (Phi) is 2.75. The van der Waals surface area contributed by atoms with Gasteiger partial charge in [-0.1, -0.05) is 29.8 Å². The van der Waals surface area contributed by atoms with Crippen LogP contribution in [-0.2, 0) is 0 Å². The van der Waals surface area contributed by atoms with Gasteiger partial charge < -0.3 is 0 Å². The maximum absolute atomic E-state index is 4.67. The number of hydrogen-bond acceptors (Lipinski definition) is 2. The molecule has 1 aromatic heterocycles. The lowest BCUT2D eigenvalue weighted by Gasteiger charge is -1.96. The van der Waals surface area contributed by atoms with E-state index in [-0.39, 0.29) is 0 Å². The third-order valence-electron chi connectivity index (χ3n) is 2.53. The first-order valence-electron chi connectivity index (χ1n) is 4.73. The molecule has 0 N–H and O–H groups in total. The van der Waals surface area contributed by atoms with Crippen LogP contribution in [0.1, 0.15) is 42.8 Å². The molecule has 2 unspecified atom stereocenters. The van der Waals surface area contributed by atoms with Crippen LogP contribution in [0.3, 0.4) is 0 Å². The molecule has 0 spiro atoms. The van der Waals surface area contributed by atoms with E-state index in [9.17, 15) is 0 Å². The summed E-state index contributed by atoms with van der Waals surface area (Å²) >= 11 is 5.34. The van der Waals surface area contributed by atoms with Crippen molar-refractivity contribution in [3.05, 3.63) is 16.1 Å². The van der Waals surface area contributed by atoms with Crippen molar-refractivity contribution in [2.24, 2.45) is 5.92 Å². The number of hydrogen-bond donors (Lipinski definition) is 0. The first kappa shape index (κ1) is 9.66. The molecule has 0 aliphatic heterocycles. The Balaban J connectivity index is 2.07. The van der Waals surface area contributed by atoms with Crippen molar-refractivity contribution in [3.8, 4) is 0 Å². The molecule has 2 rings (SSSR count). The van der Waals surface area contributed by atoms with Crippen LogP contribution in [0, 0.1) is 5.92 Å². The average Bonchev–Trinajstić information content (AvgIpc) is 2.73. The van der Waals surface area contributed by atoms with Gasteiger partial charge in [0.05, 0.1) is 10.7 Å². The number of alkyl halides is 1. The highest BCUT2D eigenvalue weighted by atomic mass is 79.9. The van der Waals surface area contributed by atoms with E-state index in [0.717, 1.165) is 17.2 Å². The van der Waals surface area contributed by atoms with E-state index in [4.69, 9.17) is 0 Å². The highest BCUT2D eigenvalue weighted by molar-refractivity contribution is 9.09. The normalized spacial score (nSPS) is 26.8. The predicted molar refractivity (Wildman–Crippen MR) is 60.8 cm³/mol. The molecule has 1 saturated carbocycles. The van der Waals surface area contributed by atoms with Crippen molar-refractivity contribution in [3.63, 3.8) is 0 Å². The summed E-state index contributed by atoms with van der Waals surface area (Å²) in [6.45, 7) is 4.41. The monoisotopic (exact) mass is 259 g/mol. The van der Waals surface area contributed by atoms with E-state index < -0.39 is 0 Å². The fourth-order valence-electron chi connectivity index (χ4n) is 1.52. The summed E-state index contributed by atoms with van der Waals surface area (Å²) in [6, 6.07) is 0. The summed E-state index contributed by atoms with van der Waals surface area (Å²) in [7, 11) is 0. The minimum absolute atomic E-state index is 0.583. The van der Waals surface area contributed by atoms with Crippen LogP contribution in [0.25, 0.3) is 0 Å². The van der Waals surface area contributed by atoms with Gasteiger partial charge in [0.25, 0.3) is 0 Å². The second kappa shape index (κ2) is 3.70. The second-order valence-corrected chi connectivity index (χ2v) is 5.56. The van der Waals surface area contributed by atoms with Crippen LogP contribution in [0.15, 0.2) is 5.38 Å². The number of aromatic nitrogens is 1. The molecule has 13 heavy (non-hydrogen) atoms. The van der Waals surface area contributed by atoms with Gasteiger partial charge >= 0.3 is 0 Å². The molecule has 0 amide bonds. The van der Waals surface area contributed by atoms with E-state index in [2.05, 4.69) is 40.1 Å². The summed E-state index contributed by atoms with van der Waals surface area (Å²) in [5, 5.41) is 4.66. The van der Waals surface area contributed by atoms with Gasteiger partial charge in [0.1, 0.15) is 0 Å². The number of halogens is 1. The second-order valence-electron chi connectivity index (χ2n) is 4.02. The minimum atomic E-state index is 0.583. The van der Waals surface area contributed by atoms with Crippen LogP contribution >= 0.6 is 27.3 Å². The largest absolute Gasteiger partial charge is 0.246 e. The molecule has 0 saturated heterocycles. The molecule has 0 aromatic carbocycles. The van der Waals surface area contributed by atoms with Crippen molar-refractivity contribution >= 4 is 27.3 Å². The summed E-state index contributed by atoms with van der Waals surface area (Å²) in [4.78, 5) is 4.67. The zero-order valence-corrected chi connectivity index (χ0v) is 10.4. The number of thiazole rings is 1. The van der Waals surface area contributed by atoms with E-state index >= 15 is 0 Å². The molecule has 72 valence electrons. The van der Waals surface area contributed by atoms with Crippen LogP contribution in [0.4, 0.5) is 0 Å². The Labute approximate surface area is 91.7 Å². The van der Waals surface area contributed by atoms with E-state index in [0.29, 0.717) is 5.92 Å². The fourth-order valence-corrected chi connectivity index (χ4v) is 3.13. The standard InChI is InChI=1S/C10H14BrNS/c1-6(2)10-12-9(5-13-10)8-3-7(8)4-11/h5-8H,3-4H2,1-2H3. The van der Waals surface area contributed by atoms with Gasteiger partial charge in [0.15, 0.2) is 0 Å². The molecule has 1 aliphatic carbocycles. The SMILES string of the molecule is CC(C)c1nc(C2CC2CBr)cs1. The van der Waals surface area contributed by atoms with Crippen LogP contribution in [-0.4, -0.2) is 10.3 Å². The zero-order valence-electron chi connectivity index (χ0n) is 7.96. The van der Waals surface area contributed by atoms with Crippen molar-refractivity contribution < 1.29 is 0 Å². The maximum Gasteiger partial charge on any atom is 0.0953 e. The summed E-state index contributed by atoms with van der Waals surface area (Å²) in [5.41, 5.74) is 1.33. The molecule has 0 radical (unpaired) electrons. The molecular formula is C10H14BrNS. The molecule has 1 heterocycles. The highest BCUT2D eigenvalue weighted by Gasteiger charge is 2.38. The molecule has 1 nitrogen and oxygen atoms in total. The molecule has 3 heteroatoms. The number of rotatable bonds is 3. The van der Waals surface area contributed by atoms with Crippen molar-refractivity contribution in [2.75, 3.05) is 5.33 Å². The third kappa shape index (κ3) is 1.96. The Morgan fingerprint density at radius 2 is 2.46 bits per heavy atom. The van der Waals surface area contributed by atoms with Crippen molar-refractivity contribution in [1.29, 1.82) is 0 Å². The van der Waals surface area contributed by atoms with Crippen molar-refractivity contribution in [1.82, 2.24) is 4.98 Å². The van der Waals surface area contributed by atoms with E-state index in [1.807, 2.05) is 11.3 Å². The van der Waals surface area contributed by atoms with Gasteiger partial charge in [0.2, 0.25) is 0 Å². The zero-order chi connectivity index (χ0) is 9.42. The molecule has 2 atom stereocenters.